The third-order valence-electron chi connectivity index (χ3n) is 11.6. The lowest BCUT2D eigenvalue weighted by Gasteiger charge is -2.52. The molecule has 0 saturated heterocycles. The van der Waals surface area contributed by atoms with Crippen LogP contribution < -0.4 is 0 Å². The Kier molecular flexibility index (Phi) is 11.8. The highest BCUT2D eigenvalue weighted by Crippen LogP contribution is 2.64. The number of alkyl halides is 9. The molecule has 3 aliphatic carbocycles. The van der Waals surface area contributed by atoms with Crippen molar-refractivity contribution in [3.8, 4) is 5.75 Å². The number of phenolic OH excluding ortho intramolecular Hbond substituents is 1. The molecule has 0 spiro atoms. The van der Waals surface area contributed by atoms with Crippen LogP contribution in [0, 0.1) is 23.2 Å². The van der Waals surface area contributed by atoms with Crippen molar-refractivity contribution in [2.24, 2.45) is 23.2 Å². The molecule has 0 heterocycles. The summed E-state index contributed by atoms with van der Waals surface area (Å²) in [7, 11) is -4.00. The zero-order valence-electron chi connectivity index (χ0n) is 27.7. The number of aromatic hydroxyl groups is 1. The van der Waals surface area contributed by atoms with Gasteiger partial charge in [-0.2, -0.15) is 39.5 Å². The smallest absolute Gasteiger partial charge is 0.460 e. The molecule has 0 aliphatic heterocycles. The van der Waals surface area contributed by atoms with E-state index in [1.807, 2.05) is 6.07 Å². The van der Waals surface area contributed by atoms with E-state index in [9.17, 15) is 58.1 Å². The number of rotatable bonds is 16. The third-order valence-corrected chi connectivity index (χ3v) is 13.4. The highest BCUT2D eigenvalue weighted by molar-refractivity contribution is 7.91. The van der Waals surface area contributed by atoms with E-state index in [2.05, 4.69) is 19.6 Å². The predicted octanol–water partition coefficient (Wildman–Crippen LogP) is 9.79. The van der Waals surface area contributed by atoms with Gasteiger partial charge in [0.15, 0.2) is 0 Å². The monoisotopic (exact) mass is 734 g/mol. The van der Waals surface area contributed by atoms with E-state index >= 15 is 0 Å². The summed E-state index contributed by atoms with van der Waals surface area (Å²) in [5.41, 5.74) is 3.35. The van der Waals surface area contributed by atoms with Gasteiger partial charge in [0.2, 0.25) is 0 Å². The van der Waals surface area contributed by atoms with Crippen molar-refractivity contribution in [3.05, 3.63) is 41.5 Å². The van der Waals surface area contributed by atoms with Crippen molar-refractivity contribution in [3.63, 3.8) is 0 Å². The van der Waals surface area contributed by atoms with Gasteiger partial charge in [-0.3, -0.25) is 0 Å². The summed E-state index contributed by atoms with van der Waals surface area (Å²) in [6.07, 6.45) is -1.07. The Hall–Kier alpha value is -1.96. The van der Waals surface area contributed by atoms with Crippen molar-refractivity contribution < 1.29 is 58.1 Å². The third kappa shape index (κ3) is 8.09. The first-order valence-corrected chi connectivity index (χ1v) is 19.0. The molecular weight excluding hydrogens is 687 g/mol. The van der Waals surface area contributed by atoms with Gasteiger partial charge in [-0.15, -0.1) is 0 Å². The van der Waals surface area contributed by atoms with Crippen molar-refractivity contribution in [1.29, 1.82) is 0 Å². The summed E-state index contributed by atoms with van der Waals surface area (Å²) in [6, 6.07) is 5.69. The molecule has 6 atom stereocenters. The van der Waals surface area contributed by atoms with Gasteiger partial charge in [0.25, 0.3) is 0 Å². The number of unbranched alkanes of at least 4 members (excludes halogenated alkanes) is 6. The summed E-state index contributed by atoms with van der Waals surface area (Å²) < 4.78 is 141. The Labute approximate surface area is 282 Å². The van der Waals surface area contributed by atoms with Crippen LogP contribution in [0.5, 0.6) is 5.75 Å². The highest BCUT2D eigenvalue weighted by atomic mass is 32.2. The fourth-order valence-corrected chi connectivity index (χ4v) is 10.2. The fourth-order valence-electron chi connectivity index (χ4n) is 8.77. The van der Waals surface area contributed by atoms with Gasteiger partial charge in [0, 0.05) is 6.42 Å². The number of fused-ring (bicyclic) bond motifs is 5. The van der Waals surface area contributed by atoms with Gasteiger partial charge in [0.05, 0.1) is 17.6 Å². The van der Waals surface area contributed by atoms with Crippen LogP contribution in [0.15, 0.2) is 30.4 Å². The molecule has 0 bridgehead atoms. The van der Waals surface area contributed by atoms with Crippen molar-refractivity contribution in [1.82, 2.24) is 0 Å². The van der Waals surface area contributed by atoms with Gasteiger partial charge in [-0.1, -0.05) is 58.1 Å². The van der Waals surface area contributed by atoms with E-state index in [1.165, 1.54) is 11.1 Å². The number of benzene rings is 1. The Morgan fingerprint density at radius 2 is 1.47 bits per heavy atom. The number of sulfone groups is 1. The molecule has 2 saturated carbocycles. The van der Waals surface area contributed by atoms with Gasteiger partial charge >= 0.3 is 23.9 Å². The van der Waals surface area contributed by atoms with E-state index in [0.29, 0.717) is 36.5 Å². The van der Waals surface area contributed by atoms with Crippen LogP contribution in [0.1, 0.15) is 107 Å². The predicted molar refractivity (Wildman–Crippen MR) is 168 cm³/mol. The molecule has 3 aliphatic rings. The van der Waals surface area contributed by atoms with E-state index in [0.717, 1.165) is 63.4 Å². The standard InChI is InChI=1S/C35H47F9O4S/c1-22-29(46)21-28-30-23(19-24-20-25(45)12-13-26(24)27(30)14-16-31(22,28)2)11-8-6-4-3-5-7-9-17-49(47,48)18-10-15-32(36,37)33(38,39)34(40,41)35(42,43)44/h12-13,20,23,27-30,45-46H,1,3-11,14-19,21H2,2H3/t23-,27?,28?,29-,30?,31-/m1/s1. The van der Waals surface area contributed by atoms with Crippen LogP contribution in [0.25, 0.3) is 0 Å². The molecule has 2 fully saturated rings. The molecule has 49 heavy (non-hydrogen) atoms. The van der Waals surface area contributed by atoms with Crippen LogP contribution in [0.4, 0.5) is 39.5 Å². The summed E-state index contributed by atoms with van der Waals surface area (Å²) in [5, 5.41) is 20.9. The Bertz CT molecular complexity index is 1430. The molecule has 14 heteroatoms. The maximum Gasteiger partial charge on any atom is 0.460 e. The summed E-state index contributed by atoms with van der Waals surface area (Å²) >= 11 is 0. The lowest BCUT2D eigenvalue weighted by molar-refractivity contribution is -0.396. The van der Waals surface area contributed by atoms with Crippen LogP contribution >= 0.6 is 0 Å². The van der Waals surface area contributed by atoms with Crippen molar-refractivity contribution in [2.45, 2.75) is 133 Å². The second-order valence-electron chi connectivity index (χ2n) is 14.7. The summed E-state index contributed by atoms with van der Waals surface area (Å²) in [6.45, 7) is 6.50. The summed E-state index contributed by atoms with van der Waals surface area (Å²) in [5.74, 6) is -19.2. The van der Waals surface area contributed by atoms with Crippen molar-refractivity contribution in [2.75, 3.05) is 11.5 Å². The maximum atomic E-state index is 13.7. The molecule has 1 aromatic carbocycles. The van der Waals surface area contributed by atoms with E-state index in [-0.39, 0.29) is 17.6 Å². The fraction of sp³-hybridized carbons (Fsp3) is 0.771. The molecule has 1 aromatic rings. The first-order valence-electron chi connectivity index (χ1n) is 17.2. The molecule has 0 aromatic heterocycles. The van der Waals surface area contributed by atoms with Gasteiger partial charge in [0.1, 0.15) is 15.6 Å². The average molecular weight is 735 g/mol. The maximum absolute atomic E-state index is 13.7. The second-order valence-corrected chi connectivity index (χ2v) is 17.0. The molecule has 0 radical (unpaired) electrons. The number of aliphatic hydroxyl groups is 1. The molecular formula is C35H47F9O4S. The minimum Gasteiger partial charge on any atom is -0.508 e. The number of phenols is 1. The van der Waals surface area contributed by atoms with E-state index in [4.69, 9.17) is 0 Å². The number of hydrogen-bond donors (Lipinski definition) is 2. The minimum absolute atomic E-state index is 0.0884. The largest absolute Gasteiger partial charge is 0.508 e. The first-order chi connectivity index (χ1) is 22.6. The van der Waals surface area contributed by atoms with Crippen LogP contribution in [0.3, 0.4) is 0 Å². The van der Waals surface area contributed by atoms with Gasteiger partial charge in [-0.25, -0.2) is 8.42 Å². The second kappa shape index (κ2) is 14.6. The topological polar surface area (TPSA) is 74.6 Å². The van der Waals surface area contributed by atoms with Crippen LogP contribution in [0.2, 0.25) is 0 Å². The molecule has 3 unspecified atom stereocenters. The lowest BCUT2D eigenvalue weighted by Crippen LogP contribution is -2.60. The summed E-state index contributed by atoms with van der Waals surface area (Å²) in [4.78, 5) is 0. The van der Waals surface area contributed by atoms with E-state index < -0.39 is 64.2 Å². The molecule has 4 rings (SSSR count). The van der Waals surface area contributed by atoms with Gasteiger partial charge in [-0.05, 0) is 103 Å². The quantitative estimate of drug-likeness (QED) is 0.101. The number of hydrogen-bond acceptors (Lipinski definition) is 4. The minimum atomic E-state index is -6.98. The van der Waals surface area contributed by atoms with Crippen molar-refractivity contribution >= 4 is 9.84 Å². The van der Waals surface area contributed by atoms with Gasteiger partial charge < -0.3 is 10.2 Å². The zero-order chi connectivity index (χ0) is 36.6. The molecule has 2 N–H and O–H groups in total. The SMILES string of the molecule is C=C1[C@H](O)CC2C3C(CC[C@]12C)c1ccc(O)cc1C[C@H]3CCCCCCCCCS(=O)(=O)CCCC(F)(F)C(F)(F)C(F)(F)C(F)(F)F. The normalized spacial score (nSPS) is 27.9. The average Bonchev–Trinajstić information content (AvgIpc) is 3.22. The Morgan fingerprint density at radius 1 is 0.878 bits per heavy atom. The number of aliphatic hydroxyl groups excluding tert-OH is 1. The Balaban J connectivity index is 1.18. The zero-order valence-corrected chi connectivity index (χ0v) is 28.5. The lowest BCUT2D eigenvalue weighted by atomic mass is 9.52. The first kappa shape index (κ1) is 39.8. The highest BCUT2D eigenvalue weighted by Gasteiger charge is 2.81. The molecule has 0 amide bonds. The van der Waals surface area contributed by atoms with Crippen LogP contribution in [-0.4, -0.2) is 60.2 Å². The number of halogens is 9. The van der Waals surface area contributed by atoms with Crippen LogP contribution in [-0.2, 0) is 16.3 Å². The Morgan fingerprint density at radius 3 is 2.10 bits per heavy atom. The van der Waals surface area contributed by atoms with E-state index in [1.54, 1.807) is 6.07 Å². The molecule has 280 valence electrons. The molecule has 4 nitrogen and oxygen atoms in total.